The van der Waals surface area contributed by atoms with Gasteiger partial charge in [-0.3, -0.25) is 9.59 Å². The number of ether oxygens (including phenoxy) is 1. The zero-order valence-corrected chi connectivity index (χ0v) is 15.5. The van der Waals surface area contributed by atoms with E-state index in [9.17, 15) is 9.59 Å². The van der Waals surface area contributed by atoms with Crippen LogP contribution in [0, 0.1) is 5.92 Å². The third-order valence-electron chi connectivity index (χ3n) is 4.13. The summed E-state index contributed by atoms with van der Waals surface area (Å²) < 4.78 is 5.71. The minimum absolute atomic E-state index is 0.0127. The fourth-order valence-electron chi connectivity index (χ4n) is 2.85. The quantitative estimate of drug-likeness (QED) is 0.860. The van der Waals surface area contributed by atoms with Crippen LogP contribution in [-0.4, -0.2) is 24.5 Å². The number of hydrogen-bond acceptors (Lipinski definition) is 3. The third-order valence-corrected chi connectivity index (χ3v) is 4.38. The van der Waals surface area contributed by atoms with Crippen molar-refractivity contribution in [3.05, 3.63) is 58.6 Å². The average molecular weight is 373 g/mol. The first-order valence-electron chi connectivity index (χ1n) is 8.55. The number of carbonyl (C=O) groups excluding carboxylic acids is 2. The molecule has 0 radical (unpaired) electrons. The number of nitrogens with one attached hydrogen (secondary N) is 2. The highest BCUT2D eigenvalue weighted by Gasteiger charge is 2.26. The van der Waals surface area contributed by atoms with Gasteiger partial charge in [-0.25, -0.2) is 0 Å². The van der Waals surface area contributed by atoms with Crippen LogP contribution in [0.25, 0.3) is 0 Å². The van der Waals surface area contributed by atoms with Crippen molar-refractivity contribution in [3.8, 4) is 5.75 Å². The highest BCUT2D eigenvalue weighted by atomic mass is 35.5. The van der Waals surface area contributed by atoms with Gasteiger partial charge in [0.05, 0.1) is 5.92 Å². The summed E-state index contributed by atoms with van der Waals surface area (Å²) in [6.07, 6.45) is 0.582. The molecule has 0 spiro atoms. The molecule has 0 fully saturated rings. The maximum absolute atomic E-state index is 12.3. The van der Waals surface area contributed by atoms with Gasteiger partial charge in [0.15, 0.2) is 0 Å². The lowest BCUT2D eigenvalue weighted by Gasteiger charge is -2.26. The fourth-order valence-corrected chi connectivity index (χ4v) is 2.97. The van der Waals surface area contributed by atoms with Crippen molar-refractivity contribution < 1.29 is 14.3 Å². The van der Waals surface area contributed by atoms with Gasteiger partial charge in [0.2, 0.25) is 5.91 Å². The molecule has 5 nitrogen and oxygen atoms in total. The first kappa shape index (κ1) is 18.3. The number of rotatable bonds is 4. The van der Waals surface area contributed by atoms with Crippen molar-refractivity contribution in [2.24, 2.45) is 5.92 Å². The SMILES string of the molecule is CC(C)NC(=O)[C@H]1COc2ccc(NC(=O)c3ccc(Cl)cc3)cc2C1. The van der Waals surface area contributed by atoms with E-state index in [1.54, 1.807) is 30.3 Å². The van der Waals surface area contributed by atoms with Crippen molar-refractivity contribution in [1.82, 2.24) is 5.32 Å². The van der Waals surface area contributed by atoms with Crippen molar-refractivity contribution in [1.29, 1.82) is 0 Å². The average Bonchev–Trinajstić information content (AvgIpc) is 2.61. The van der Waals surface area contributed by atoms with E-state index < -0.39 is 0 Å². The lowest BCUT2D eigenvalue weighted by Crippen LogP contribution is -2.40. The Kier molecular flexibility index (Phi) is 5.47. The van der Waals surface area contributed by atoms with Gasteiger partial charge in [-0.15, -0.1) is 0 Å². The van der Waals surface area contributed by atoms with E-state index >= 15 is 0 Å². The highest BCUT2D eigenvalue weighted by molar-refractivity contribution is 6.30. The number of amides is 2. The Bertz CT molecular complexity index is 818. The van der Waals surface area contributed by atoms with E-state index in [0.29, 0.717) is 29.3 Å². The summed E-state index contributed by atoms with van der Waals surface area (Å²) in [4.78, 5) is 24.6. The molecule has 2 aromatic rings. The van der Waals surface area contributed by atoms with Crippen molar-refractivity contribution in [3.63, 3.8) is 0 Å². The topological polar surface area (TPSA) is 67.4 Å². The number of benzene rings is 2. The first-order chi connectivity index (χ1) is 12.4. The van der Waals surface area contributed by atoms with Gasteiger partial charge < -0.3 is 15.4 Å². The van der Waals surface area contributed by atoms with Crippen LogP contribution in [-0.2, 0) is 11.2 Å². The summed E-state index contributed by atoms with van der Waals surface area (Å²) in [7, 11) is 0. The molecule has 0 aromatic heterocycles. The van der Waals surface area contributed by atoms with E-state index in [1.165, 1.54) is 0 Å². The van der Waals surface area contributed by atoms with Crippen molar-refractivity contribution >= 4 is 29.1 Å². The van der Waals surface area contributed by atoms with Crippen LogP contribution in [0.1, 0.15) is 29.8 Å². The fraction of sp³-hybridized carbons (Fsp3) is 0.300. The Morgan fingerprint density at radius 1 is 1.15 bits per heavy atom. The summed E-state index contributed by atoms with van der Waals surface area (Å²) in [6.45, 7) is 4.22. The van der Waals surface area contributed by atoms with Gasteiger partial charge in [-0.05, 0) is 68.3 Å². The minimum atomic E-state index is -0.230. The van der Waals surface area contributed by atoms with E-state index in [1.807, 2.05) is 26.0 Å². The molecule has 1 atom stereocenters. The molecule has 1 aliphatic rings. The zero-order chi connectivity index (χ0) is 18.7. The van der Waals surface area contributed by atoms with Crippen LogP contribution < -0.4 is 15.4 Å². The van der Waals surface area contributed by atoms with Gasteiger partial charge in [0.25, 0.3) is 5.91 Å². The summed E-state index contributed by atoms with van der Waals surface area (Å²) in [5.41, 5.74) is 2.10. The van der Waals surface area contributed by atoms with Crippen LogP contribution >= 0.6 is 11.6 Å². The van der Waals surface area contributed by atoms with Crippen molar-refractivity contribution in [2.45, 2.75) is 26.3 Å². The molecular formula is C20H21ClN2O3. The molecule has 0 saturated heterocycles. The number of carbonyl (C=O) groups is 2. The van der Waals surface area contributed by atoms with Crippen LogP contribution in [0.15, 0.2) is 42.5 Å². The van der Waals surface area contributed by atoms with E-state index in [2.05, 4.69) is 10.6 Å². The molecular weight excluding hydrogens is 352 g/mol. The normalized spacial score (nSPS) is 15.8. The lowest BCUT2D eigenvalue weighted by molar-refractivity contribution is -0.126. The standard InChI is InChI=1S/C20H21ClN2O3/c1-12(2)22-20(25)15-9-14-10-17(7-8-18(14)26-11-15)23-19(24)13-3-5-16(21)6-4-13/h3-8,10,12,15H,9,11H2,1-2H3,(H,22,25)(H,23,24)/t15-/m1/s1. The zero-order valence-electron chi connectivity index (χ0n) is 14.7. The smallest absolute Gasteiger partial charge is 0.255 e. The first-order valence-corrected chi connectivity index (χ1v) is 8.93. The van der Waals surface area contributed by atoms with Gasteiger partial charge in [0, 0.05) is 22.3 Å². The second-order valence-electron chi connectivity index (χ2n) is 6.66. The molecule has 0 bridgehead atoms. The molecule has 2 aromatic carbocycles. The molecule has 3 rings (SSSR count). The molecule has 1 heterocycles. The molecule has 6 heteroatoms. The van der Waals surface area contributed by atoms with E-state index in [0.717, 1.165) is 11.3 Å². The minimum Gasteiger partial charge on any atom is -0.492 e. The summed E-state index contributed by atoms with van der Waals surface area (Å²) in [6, 6.07) is 12.3. The Balaban J connectivity index is 1.71. The van der Waals surface area contributed by atoms with Gasteiger partial charge in [0.1, 0.15) is 12.4 Å². The maximum Gasteiger partial charge on any atom is 0.255 e. The highest BCUT2D eigenvalue weighted by Crippen LogP contribution is 2.30. The summed E-state index contributed by atoms with van der Waals surface area (Å²) >= 11 is 5.85. The Morgan fingerprint density at radius 3 is 2.58 bits per heavy atom. The third kappa shape index (κ3) is 4.35. The molecule has 0 saturated carbocycles. The van der Waals surface area contributed by atoms with Gasteiger partial charge >= 0.3 is 0 Å². The predicted octanol–water partition coefficient (Wildman–Crippen LogP) is 3.67. The van der Waals surface area contributed by atoms with Crippen LogP contribution in [0.5, 0.6) is 5.75 Å². The summed E-state index contributed by atoms with van der Waals surface area (Å²) in [5.74, 6) is 0.295. The molecule has 0 unspecified atom stereocenters. The second kappa shape index (κ2) is 7.79. The number of anilines is 1. The van der Waals surface area contributed by atoms with Crippen LogP contribution in [0.2, 0.25) is 5.02 Å². The number of fused-ring (bicyclic) bond motifs is 1. The van der Waals surface area contributed by atoms with Gasteiger partial charge in [-0.1, -0.05) is 11.6 Å². The molecule has 2 amide bonds. The Morgan fingerprint density at radius 2 is 1.88 bits per heavy atom. The number of hydrogen-bond donors (Lipinski definition) is 2. The molecule has 26 heavy (non-hydrogen) atoms. The van der Waals surface area contributed by atoms with Crippen molar-refractivity contribution in [2.75, 3.05) is 11.9 Å². The number of halogens is 1. The van der Waals surface area contributed by atoms with Gasteiger partial charge in [-0.2, -0.15) is 0 Å². The van der Waals surface area contributed by atoms with Crippen LogP contribution in [0.4, 0.5) is 5.69 Å². The Labute approximate surface area is 157 Å². The maximum atomic E-state index is 12.3. The predicted molar refractivity (Wildman–Crippen MR) is 102 cm³/mol. The lowest BCUT2D eigenvalue weighted by atomic mass is 9.95. The largest absolute Gasteiger partial charge is 0.492 e. The van der Waals surface area contributed by atoms with Crippen LogP contribution in [0.3, 0.4) is 0 Å². The monoisotopic (exact) mass is 372 g/mol. The molecule has 136 valence electrons. The molecule has 2 N–H and O–H groups in total. The molecule has 1 aliphatic heterocycles. The van der Waals surface area contributed by atoms with E-state index in [-0.39, 0.29) is 23.8 Å². The second-order valence-corrected chi connectivity index (χ2v) is 7.10. The molecule has 0 aliphatic carbocycles. The summed E-state index contributed by atoms with van der Waals surface area (Å²) in [5, 5.41) is 6.36. The Hall–Kier alpha value is -2.53. The van der Waals surface area contributed by atoms with E-state index in [4.69, 9.17) is 16.3 Å².